The number of benzene rings is 1. The lowest BCUT2D eigenvalue weighted by Gasteiger charge is -2.43. The molecule has 0 spiro atoms. The fraction of sp³-hybridized carbons (Fsp3) is 0.533. The van der Waals surface area contributed by atoms with Crippen LogP contribution in [0.4, 0.5) is 0 Å². The molecular formula is C15H22BrClN2O. The van der Waals surface area contributed by atoms with Gasteiger partial charge < -0.3 is 11.1 Å². The van der Waals surface area contributed by atoms with Crippen molar-refractivity contribution in [2.45, 2.75) is 50.6 Å². The monoisotopic (exact) mass is 360 g/mol. The van der Waals surface area contributed by atoms with E-state index < -0.39 is 0 Å². The van der Waals surface area contributed by atoms with Crippen LogP contribution in [-0.4, -0.2) is 11.9 Å². The molecule has 0 saturated heterocycles. The highest BCUT2D eigenvalue weighted by atomic mass is 79.9. The molecule has 5 heteroatoms. The average molecular weight is 362 g/mol. The zero-order valence-corrected chi connectivity index (χ0v) is 14.1. The number of hydrogen-bond donors (Lipinski definition) is 2. The summed E-state index contributed by atoms with van der Waals surface area (Å²) in [4.78, 5) is 12.0. The van der Waals surface area contributed by atoms with Crippen LogP contribution in [-0.2, 0) is 10.3 Å². The van der Waals surface area contributed by atoms with Gasteiger partial charge in [0.05, 0.1) is 5.54 Å². The molecule has 20 heavy (non-hydrogen) atoms. The predicted molar refractivity (Wildman–Crippen MR) is 87.9 cm³/mol. The summed E-state index contributed by atoms with van der Waals surface area (Å²) < 4.78 is 1.06. The van der Waals surface area contributed by atoms with Crippen LogP contribution in [0.25, 0.3) is 0 Å². The second kappa shape index (κ2) is 7.43. The SMILES string of the molecule is CC(N)CCC(=O)NC1(c2ccc(Br)cc2)CCC1.Cl. The first-order valence-electron chi connectivity index (χ1n) is 6.84. The van der Waals surface area contributed by atoms with Gasteiger partial charge in [0.25, 0.3) is 0 Å². The molecule has 3 N–H and O–H groups in total. The zero-order chi connectivity index (χ0) is 13.9. The molecule has 1 amide bonds. The van der Waals surface area contributed by atoms with Gasteiger partial charge in [-0.1, -0.05) is 28.1 Å². The van der Waals surface area contributed by atoms with Gasteiger partial charge in [0.15, 0.2) is 0 Å². The number of carbonyl (C=O) groups excluding carboxylic acids is 1. The van der Waals surface area contributed by atoms with Crippen molar-refractivity contribution >= 4 is 34.2 Å². The normalized spacial score (nSPS) is 17.6. The molecule has 1 aromatic carbocycles. The number of halogens is 2. The summed E-state index contributed by atoms with van der Waals surface area (Å²) in [5, 5.41) is 3.21. The Bertz CT molecular complexity index is 444. The van der Waals surface area contributed by atoms with Crippen molar-refractivity contribution in [3.05, 3.63) is 34.3 Å². The molecule has 0 radical (unpaired) electrons. The standard InChI is InChI=1S/C15H21BrN2O.ClH/c1-11(17)3-8-14(19)18-15(9-2-10-15)12-4-6-13(16)7-5-12;/h4-7,11H,2-3,8-10,17H2,1H3,(H,18,19);1H. The average Bonchev–Trinajstić information content (AvgIpc) is 2.32. The van der Waals surface area contributed by atoms with Crippen LogP contribution in [0.5, 0.6) is 0 Å². The van der Waals surface area contributed by atoms with E-state index in [9.17, 15) is 4.79 Å². The summed E-state index contributed by atoms with van der Waals surface area (Å²) in [6, 6.07) is 8.33. The van der Waals surface area contributed by atoms with E-state index in [4.69, 9.17) is 5.73 Å². The van der Waals surface area contributed by atoms with Gasteiger partial charge in [-0.3, -0.25) is 4.79 Å². The number of rotatable bonds is 5. The van der Waals surface area contributed by atoms with Crippen molar-refractivity contribution in [1.82, 2.24) is 5.32 Å². The van der Waals surface area contributed by atoms with Crippen molar-refractivity contribution < 1.29 is 4.79 Å². The molecular weight excluding hydrogens is 340 g/mol. The fourth-order valence-corrected chi connectivity index (χ4v) is 2.74. The van der Waals surface area contributed by atoms with Gasteiger partial charge in [0.2, 0.25) is 5.91 Å². The summed E-state index contributed by atoms with van der Waals surface area (Å²) >= 11 is 3.44. The highest BCUT2D eigenvalue weighted by molar-refractivity contribution is 9.10. The quantitative estimate of drug-likeness (QED) is 0.843. The van der Waals surface area contributed by atoms with E-state index in [-0.39, 0.29) is 29.9 Å². The van der Waals surface area contributed by atoms with Gasteiger partial charge in [-0.05, 0) is 50.3 Å². The minimum Gasteiger partial charge on any atom is -0.347 e. The minimum atomic E-state index is -0.143. The van der Waals surface area contributed by atoms with Crippen LogP contribution in [0.2, 0.25) is 0 Å². The third kappa shape index (κ3) is 4.21. The molecule has 1 aliphatic carbocycles. The molecule has 1 unspecified atom stereocenters. The largest absolute Gasteiger partial charge is 0.347 e. The second-order valence-corrected chi connectivity index (χ2v) is 6.42. The van der Waals surface area contributed by atoms with Crippen LogP contribution in [0.1, 0.15) is 44.6 Å². The maximum Gasteiger partial charge on any atom is 0.220 e. The molecule has 0 heterocycles. The Morgan fingerprint density at radius 3 is 2.45 bits per heavy atom. The maximum atomic E-state index is 12.0. The van der Waals surface area contributed by atoms with Gasteiger partial charge in [-0.2, -0.15) is 0 Å². The first-order chi connectivity index (χ1) is 9.02. The van der Waals surface area contributed by atoms with Crippen LogP contribution >= 0.6 is 28.3 Å². The molecule has 1 saturated carbocycles. The number of amides is 1. The third-order valence-corrected chi connectivity index (χ3v) is 4.34. The van der Waals surface area contributed by atoms with Crippen LogP contribution in [0, 0.1) is 0 Å². The van der Waals surface area contributed by atoms with Gasteiger partial charge >= 0.3 is 0 Å². The Morgan fingerprint density at radius 2 is 2.00 bits per heavy atom. The van der Waals surface area contributed by atoms with Crippen LogP contribution < -0.4 is 11.1 Å². The Kier molecular flexibility index (Phi) is 6.49. The van der Waals surface area contributed by atoms with Crippen molar-refractivity contribution in [2.24, 2.45) is 5.73 Å². The Hall–Kier alpha value is -0.580. The Morgan fingerprint density at radius 1 is 1.40 bits per heavy atom. The van der Waals surface area contributed by atoms with Gasteiger partial charge in [0.1, 0.15) is 0 Å². The number of nitrogens with two attached hydrogens (primary N) is 1. The highest BCUT2D eigenvalue weighted by Crippen LogP contribution is 2.41. The van der Waals surface area contributed by atoms with Gasteiger partial charge in [-0.25, -0.2) is 0 Å². The molecule has 2 rings (SSSR count). The Balaban J connectivity index is 0.00000200. The van der Waals surface area contributed by atoms with E-state index in [2.05, 4.69) is 33.4 Å². The lowest BCUT2D eigenvalue weighted by molar-refractivity contribution is -0.124. The van der Waals surface area contributed by atoms with Crippen LogP contribution in [0.3, 0.4) is 0 Å². The maximum absolute atomic E-state index is 12.0. The molecule has 112 valence electrons. The van der Waals surface area contributed by atoms with Crippen LogP contribution in [0.15, 0.2) is 28.7 Å². The second-order valence-electron chi connectivity index (χ2n) is 5.51. The fourth-order valence-electron chi connectivity index (χ4n) is 2.47. The molecule has 1 fully saturated rings. The number of nitrogens with one attached hydrogen (secondary N) is 1. The number of hydrogen-bond acceptors (Lipinski definition) is 2. The molecule has 0 aliphatic heterocycles. The van der Waals surface area contributed by atoms with E-state index in [1.54, 1.807) is 0 Å². The first kappa shape index (κ1) is 17.5. The van der Waals surface area contributed by atoms with E-state index in [0.717, 1.165) is 23.7 Å². The van der Waals surface area contributed by atoms with E-state index in [1.165, 1.54) is 12.0 Å². The highest BCUT2D eigenvalue weighted by Gasteiger charge is 2.39. The Labute approximate surface area is 135 Å². The molecule has 0 bridgehead atoms. The number of carbonyl (C=O) groups is 1. The molecule has 0 aromatic heterocycles. The van der Waals surface area contributed by atoms with Crippen molar-refractivity contribution in [2.75, 3.05) is 0 Å². The summed E-state index contributed by atoms with van der Waals surface area (Å²) in [5.74, 6) is 0.111. The predicted octanol–water partition coefficient (Wildman–Crippen LogP) is 3.49. The van der Waals surface area contributed by atoms with E-state index >= 15 is 0 Å². The molecule has 1 atom stereocenters. The summed E-state index contributed by atoms with van der Waals surface area (Å²) in [5.41, 5.74) is 6.75. The molecule has 1 aliphatic rings. The van der Waals surface area contributed by atoms with Gasteiger partial charge in [0, 0.05) is 16.9 Å². The summed E-state index contributed by atoms with van der Waals surface area (Å²) in [7, 11) is 0. The van der Waals surface area contributed by atoms with Crippen molar-refractivity contribution in [3.63, 3.8) is 0 Å². The third-order valence-electron chi connectivity index (χ3n) is 3.81. The van der Waals surface area contributed by atoms with Crippen molar-refractivity contribution in [3.8, 4) is 0 Å². The van der Waals surface area contributed by atoms with E-state index in [0.29, 0.717) is 6.42 Å². The van der Waals surface area contributed by atoms with Crippen molar-refractivity contribution in [1.29, 1.82) is 0 Å². The zero-order valence-electron chi connectivity index (χ0n) is 11.7. The lowest BCUT2D eigenvalue weighted by Crippen LogP contribution is -2.50. The molecule has 1 aromatic rings. The topological polar surface area (TPSA) is 55.1 Å². The lowest BCUT2D eigenvalue weighted by atomic mass is 9.71. The van der Waals surface area contributed by atoms with E-state index in [1.807, 2.05) is 19.1 Å². The van der Waals surface area contributed by atoms with Gasteiger partial charge in [-0.15, -0.1) is 12.4 Å². The minimum absolute atomic E-state index is 0. The first-order valence-corrected chi connectivity index (χ1v) is 7.64. The summed E-state index contributed by atoms with van der Waals surface area (Å²) in [6.45, 7) is 1.93. The molecule has 3 nitrogen and oxygen atoms in total. The summed E-state index contributed by atoms with van der Waals surface area (Å²) in [6.07, 6.45) is 4.47. The smallest absolute Gasteiger partial charge is 0.220 e.